The van der Waals surface area contributed by atoms with Crippen molar-refractivity contribution in [3.8, 4) is 0 Å². The summed E-state index contributed by atoms with van der Waals surface area (Å²) in [5.74, 6) is -2.20. The lowest BCUT2D eigenvalue weighted by Gasteiger charge is -2.19. The van der Waals surface area contributed by atoms with E-state index in [1.165, 1.54) is 19.3 Å². The van der Waals surface area contributed by atoms with Crippen molar-refractivity contribution in [3.05, 3.63) is 24.8 Å². The van der Waals surface area contributed by atoms with Gasteiger partial charge in [-0.3, -0.25) is 4.79 Å². The quantitative estimate of drug-likeness (QED) is 0.198. The summed E-state index contributed by atoms with van der Waals surface area (Å²) >= 11 is 0. The molecule has 2 N–H and O–H groups in total. The Morgan fingerprint density at radius 3 is 2.71 bits per heavy atom. The van der Waals surface area contributed by atoms with Gasteiger partial charge in [0.1, 0.15) is 5.78 Å². The first-order chi connectivity index (χ1) is 13.4. The van der Waals surface area contributed by atoms with Crippen LogP contribution in [0.25, 0.3) is 0 Å². The van der Waals surface area contributed by atoms with Crippen molar-refractivity contribution in [1.82, 2.24) is 0 Å². The first-order valence-corrected chi connectivity index (χ1v) is 10.7. The zero-order valence-corrected chi connectivity index (χ0v) is 17.6. The molecule has 0 radical (unpaired) electrons. The first-order valence-electron chi connectivity index (χ1n) is 10.7. The zero-order valence-electron chi connectivity index (χ0n) is 17.6. The van der Waals surface area contributed by atoms with Crippen molar-refractivity contribution in [2.45, 2.75) is 83.3 Å². The predicted octanol–water partition coefficient (Wildman–Crippen LogP) is 4.32. The van der Waals surface area contributed by atoms with E-state index in [1.54, 1.807) is 0 Å². The number of carbonyl (C=O) groups is 2. The molecule has 0 bridgehead atoms. The number of allylic oxidation sites excluding steroid dienone is 3. The van der Waals surface area contributed by atoms with Crippen LogP contribution in [0, 0.1) is 17.8 Å². The Kier molecular flexibility index (Phi) is 11.3. The smallest absolute Gasteiger partial charge is 0.366 e. The molecular formula is C23H38O5. The third kappa shape index (κ3) is 8.27. The van der Waals surface area contributed by atoms with Crippen LogP contribution in [0.2, 0.25) is 0 Å². The van der Waals surface area contributed by atoms with Gasteiger partial charge in [0.25, 0.3) is 5.79 Å². The van der Waals surface area contributed by atoms with Gasteiger partial charge in [0.05, 0.1) is 7.11 Å². The number of esters is 1. The average Bonchev–Trinajstić information content (AvgIpc) is 3.03. The maximum absolute atomic E-state index is 12.2. The number of ether oxygens (including phenoxy) is 1. The summed E-state index contributed by atoms with van der Waals surface area (Å²) in [5, 5.41) is 19.2. The van der Waals surface area contributed by atoms with Crippen molar-refractivity contribution in [2.24, 2.45) is 17.8 Å². The molecule has 160 valence electrons. The summed E-state index contributed by atoms with van der Waals surface area (Å²) in [6.07, 6.45) is 15.5. The molecule has 1 aliphatic carbocycles. The Labute approximate surface area is 169 Å². The Hall–Kier alpha value is -1.46. The topological polar surface area (TPSA) is 83.8 Å². The second-order valence-electron chi connectivity index (χ2n) is 7.98. The molecule has 1 saturated carbocycles. The molecule has 0 aromatic rings. The number of hydrogen-bond donors (Lipinski definition) is 2. The van der Waals surface area contributed by atoms with Crippen LogP contribution in [0.4, 0.5) is 0 Å². The van der Waals surface area contributed by atoms with Gasteiger partial charge in [-0.05, 0) is 43.9 Å². The second kappa shape index (κ2) is 12.9. The Morgan fingerprint density at radius 2 is 2.07 bits per heavy atom. The monoisotopic (exact) mass is 394 g/mol. The number of ketones is 1. The van der Waals surface area contributed by atoms with Crippen molar-refractivity contribution in [2.75, 3.05) is 7.11 Å². The van der Waals surface area contributed by atoms with Crippen molar-refractivity contribution in [3.63, 3.8) is 0 Å². The van der Waals surface area contributed by atoms with E-state index in [1.807, 2.05) is 6.08 Å². The lowest BCUT2D eigenvalue weighted by molar-refractivity contribution is -0.209. The molecule has 0 aromatic heterocycles. The molecule has 0 spiro atoms. The van der Waals surface area contributed by atoms with Crippen molar-refractivity contribution >= 4 is 11.8 Å². The van der Waals surface area contributed by atoms with Gasteiger partial charge in [-0.25, -0.2) is 4.79 Å². The van der Waals surface area contributed by atoms with Crippen LogP contribution in [0.15, 0.2) is 24.8 Å². The predicted molar refractivity (Wildman–Crippen MR) is 110 cm³/mol. The van der Waals surface area contributed by atoms with Gasteiger partial charge in [-0.2, -0.15) is 0 Å². The van der Waals surface area contributed by atoms with E-state index in [-0.39, 0.29) is 12.3 Å². The van der Waals surface area contributed by atoms with E-state index in [0.29, 0.717) is 30.5 Å². The summed E-state index contributed by atoms with van der Waals surface area (Å²) in [7, 11) is 1.13. The van der Waals surface area contributed by atoms with Gasteiger partial charge >= 0.3 is 5.97 Å². The maximum atomic E-state index is 12.2. The van der Waals surface area contributed by atoms with E-state index in [4.69, 9.17) is 0 Å². The zero-order chi connectivity index (χ0) is 21.0. The molecule has 3 atom stereocenters. The molecule has 28 heavy (non-hydrogen) atoms. The summed E-state index contributed by atoms with van der Waals surface area (Å²) in [5.41, 5.74) is 0. The van der Waals surface area contributed by atoms with E-state index in [9.17, 15) is 19.8 Å². The summed E-state index contributed by atoms with van der Waals surface area (Å²) in [4.78, 5) is 23.5. The minimum absolute atomic E-state index is 0.0533. The molecule has 0 aromatic carbocycles. The van der Waals surface area contributed by atoms with Crippen LogP contribution in [0.3, 0.4) is 0 Å². The second-order valence-corrected chi connectivity index (χ2v) is 7.98. The minimum Gasteiger partial charge on any atom is -0.465 e. The fourth-order valence-corrected chi connectivity index (χ4v) is 3.94. The number of hydrogen-bond acceptors (Lipinski definition) is 5. The van der Waals surface area contributed by atoms with Crippen LogP contribution < -0.4 is 0 Å². The van der Waals surface area contributed by atoms with Crippen LogP contribution in [0.5, 0.6) is 0 Å². The fourth-order valence-electron chi connectivity index (χ4n) is 3.94. The highest BCUT2D eigenvalue weighted by Gasteiger charge is 2.34. The average molecular weight is 395 g/mol. The Bertz CT molecular complexity index is 523. The largest absolute Gasteiger partial charge is 0.465 e. The van der Waals surface area contributed by atoms with Gasteiger partial charge < -0.3 is 14.9 Å². The van der Waals surface area contributed by atoms with Gasteiger partial charge in [-0.15, -0.1) is 6.58 Å². The number of Topliss-reactive ketones (excluding diaryl/α,β-unsaturated/α-hetero) is 1. The van der Waals surface area contributed by atoms with Crippen molar-refractivity contribution in [1.29, 1.82) is 0 Å². The molecule has 0 heterocycles. The molecule has 0 aliphatic heterocycles. The van der Waals surface area contributed by atoms with E-state index >= 15 is 0 Å². The van der Waals surface area contributed by atoms with Crippen LogP contribution in [-0.2, 0) is 14.3 Å². The Balaban J connectivity index is 2.38. The van der Waals surface area contributed by atoms with E-state index < -0.39 is 11.8 Å². The highest BCUT2D eigenvalue weighted by molar-refractivity contribution is 5.83. The van der Waals surface area contributed by atoms with E-state index in [2.05, 4.69) is 30.4 Å². The third-order valence-corrected chi connectivity index (χ3v) is 5.79. The normalized spacial score (nSPS) is 21.2. The van der Waals surface area contributed by atoms with Crippen molar-refractivity contribution < 1.29 is 24.5 Å². The lowest BCUT2D eigenvalue weighted by atomic mass is 9.88. The minimum atomic E-state index is -2.41. The molecule has 1 fully saturated rings. The number of carbonyl (C=O) groups excluding carboxylic acids is 2. The first kappa shape index (κ1) is 24.6. The number of unbranched alkanes of at least 4 members (excludes halogenated alkanes) is 3. The molecule has 5 nitrogen and oxygen atoms in total. The van der Waals surface area contributed by atoms with Crippen LogP contribution in [-0.4, -0.2) is 34.9 Å². The standard InChI is InChI=1S/C23H38O5/c1-4-6-11-18(5-2)12-10-13-19-15-16-21(24)20(19)14-8-7-9-17-23(26,27)22(25)28-3/h5,10,13,18-20,26-27H,2,4,6-9,11-12,14-17H2,1,3H3/t18-,19+,20-/m1/s1. The van der Waals surface area contributed by atoms with Gasteiger partial charge in [0.15, 0.2) is 0 Å². The van der Waals surface area contributed by atoms with Gasteiger partial charge in [-0.1, -0.05) is 50.8 Å². The van der Waals surface area contributed by atoms with E-state index in [0.717, 1.165) is 39.2 Å². The Morgan fingerprint density at radius 1 is 1.32 bits per heavy atom. The summed E-state index contributed by atoms with van der Waals surface area (Å²) < 4.78 is 4.37. The molecule has 0 amide bonds. The molecular weight excluding hydrogens is 356 g/mol. The lowest BCUT2D eigenvalue weighted by Crippen LogP contribution is -2.39. The summed E-state index contributed by atoms with van der Waals surface area (Å²) in [6, 6.07) is 0. The third-order valence-electron chi connectivity index (χ3n) is 5.79. The van der Waals surface area contributed by atoms with Gasteiger partial charge in [0.2, 0.25) is 0 Å². The molecule has 0 saturated heterocycles. The van der Waals surface area contributed by atoms with Crippen LogP contribution >= 0.6 is 0 Å². The molecule has 1 aliphatic rings. The molecule has 5 heteroatoms. The molecule has 0 unspecified atom stereocenters. The number of rotatable bonds is 14. The molecule has 1 rings (SSSR count). The number of methoxy groups -OCH3 is 1. The highest BCUT2D eigenvalue weighted by atomic mass is 16.6. The fraction of sp³-hybridized carbons (Fsp3) is 0.739. The van der Waals surface area contributed by atoms with Crippen LogP contribution in [0.1, 0.15) is 77.6 Å². The highest BCUT2D eigenvalue weighted by Crippen LogP contribution is 2.34. The summed E-state index contributed by atoms with van der Waals surface area (Å²) in [6.45, 7) is 6.13. The maximum Gasteiger partial charge on any atom is 0.366 e. The SMILES string of the molecule is C=C[C@@H](CC=C[C@H]1CCC(=O)[C@@H]1CCCCCC(O)(O)C(=O)OC)CCCC. The number of aliphatic hydroxyl groups is 2. The van der Waals surface area contributed by atoms with Gasteiger partial charge in [0, 0.05) is 18.8 Å².